The van der Waals surface area contributed by atoms with Crippen molar-refractivity contribution in [2.24, 2.45) is 82.7 Å². The zero-order valence-electron chi connectivity index (χ0n) is 37.0. The van der Waals surface area contributed by atoms with Gasteiger partial charge in [-0.1, -0.05) is 18.2 Å². The Morgan fingerprint density at radius 2 is 1.77 bits per heavy atom. The first-order valence-corrected chi connectivity index (χ1v) is 24.4. The minimum atomic E-state index is -1.11. The molecule has 8 fully saturated rings. The lowest BCUT2D eigenvalue weighted by Crippen LogP contribution is -2.98. The number of nitrogens with two attached hydrogens (primary N) is 2. The third-order valence-electron chi connectivity index (χ3n) is 18.6. The van der Waals surface area contributed by atoms with Crippen LogP contribution in [-0.2, 0) is 23.8 Å². The van der Waals surface area contributed by atoms with Crippen molar-refractivity contribution in [3.63, 3.8) is 0 Å². The van der Waals surface area contributed by atoms with E-state index < -0.39 is 65.9 Å². The molecule has 61 heavy (non-hydrogen) atoms. The van der Waals surface area contributed by atoms with Crippen LogP contribution in [0.15, 0.2) is 23.8 Å². The normalized spacial score (nSPS) is 52.3. The van der Waals surface area contributed by atoms with E-state index in [1.165, 1.54) is 0 Å². The quantitative estimate of drug-likeness (QED) is 0.109. The summed E-state index contributed by atoms with van der Waals surface area (Å²) in [4.78, 5) is 28.4. The second-order valence-corrected chi connectivity index (χ2v) is 21.6. The molecule has 0 amide bonds. The largest absolute Gasteiger partial charge is 0.456 e. The van der Waals surface area contributed by atoms with E-state index in [1.807, 2.05) is 6.92 Å². The molecule has 4 bridgehead atoms. The minimum Gasteiger partial charge on any atom is -0.456 e. The highest BCUT2D eigenvalue weighted by Gasteiger charge is 2.67. The minimum absolute atomic E-state index is 0.0101. The molecule has 0 radical (unpaired) electrons. The molecule has 23 atom stereocenters. The Balaban J connectivity index is 1.23. The first-order chi connectivity index (χ1) is 29.3. The second-order valence-electron chi connectivity index (χ2n) is 21.6. The molecule has 13 nitrogen and oxygen atoms in total. The zero-order chi connectivity index (χ0) is 42.9. The van der Waals surface area contributed by atoms with Crippen LogP contribution in [0.4, 0.5) is 0 Å². The highest BCUT2D eigenvalue weighted by Crippen LogP contribution is 2.61. The SMILES string of the molecule is CC=C(C)C(=O)O[C@H]1CC2C(O)C3C(=O)CC(CO)OC3C3C2O[C@@]1(C)[C@H](CC1C[NH2+]C2N[C@H](C)C=CC2C1)CC1CCC2CCC(O)CC2C(CO)C3C2CCNC(N)C12. The number of rotatable bonds is 6. The van der Waals surface area contributed by atoms with Gasteiger partial charge in [-0.2, -0.15) is 0 Å². The fraction of sp³-hybridized carbons (Fsp3) is 0.875. The van der Waals surface area contributed by atoms with Crippen LogP contribution < -0.4 is 21.7 Å². The van der Waals surface area contributed by atoms with Crippen LogP contribution in [0.1, 0.15) is 98.3 Å². The van der Waals surface area contributed by atoms with Crippen LogP contribution in [0.25, 0.3) is 0 Å². The molecule has 0 aromatic carbocycles. The number of aliphatic hydroxyl groups excluding tert-OH is 4. The van der Waals surface area contributed by atoms with Gasteiger partial charge in [0.1, 0.15) is 23.7 Å². The number of fused-ring (bicyclic) bond motifs is 6. The number of carbonyl (C=O) groups excluding carboxylic acids is 2. The van der Waals surface area contributed by atoms with E-state index in [9.17, 15) is 30.0 Å². The number of nitrogens with one attached hydrogen (secondary N) is 2. The average molecular weight is 854 g/mol. The fourth-order valence-corrected chi connectivity index (χ4v) is 15.5. The molecule has 10 N–H and O–H groups in total. The van der Waals surface area contributed by atoms with Gasteiger partial charge >= 0.3 is 5.97 Å². The number of hydrogen-bond acceptors (Lipinski definition) is 12. The van der Waals surface area contributed by atoms with Crippen LogP contribution >= 0.6 is 0 Å². The smallest absolute Gasteiger partial charge is 0.333 e. The van der Waals surface area contributed by atoms with Crippen LogP contribution in [0.3, 0.4) is 0 Å². The maximum atomic E-state index is 14.4. The summed E-state index contributed by atoms with van der Waals surface area (Å²) in [7, 11) is 0. The van der Waals surface area contributed by atoms with Gasteiger partial charge in [-0.05, 0) is 146 Å². The molecular weight excluding hydrogens is 777 g/mol. The number of quaternary nitrogens is 1. The fourth-order valence-electron chi connectivity index (χ4n) is 15.5. The standard InChI is InChI=1S/C48H76N4O9/c1-5-23(2)47(58)60-37-19-34-42(57)40-36(56)18-31(21-53)59-44(40)41-39-32-12-13-50-45(49)38(32)27(9-8-26-10-11-30(55)17-33(26)35(39)22-54)16-29(48(37,4)61-43(34)41)15-25-14-28-7-6-24(3)52-46(28)51-20-25/h5-7,24-35,37-46,50-55,57H,8-22,49H2,1-4H3/p+1/t24-,25?,26?,27?,28?,29-,30?,31?,32?,33?,34?,35?,37+,38?,39?,40?,41?,42?,43?,44?,45?,46?,48+/m1/s1. The topological polar surface area (TPSA) is 209 Å². The monoisotopic (exact) mass is 854 g/mol. The Labute approximate surface area is 362 Å². The number of hydrogen-bond donors (Lipinski definition) is 8. The van der Waals surface area contributed by atoms with Crippen LogP contribution in [0.5, 0.6) is 0 Å². The van der Waals surface area contributed by atoms with Crippen molar-refractivity contribution in [1.29, 1.82) is 0 Å². The van der Waals surface area contributed by atoms with E-state index in [4.69, 9.17) is 19.9 Å². The molecule has 13 heteroatoms. The predicted molar refractivity (Wildman–Crippen MR) is 227 cm³/mol. The molecule has 0 aromatic rings. The lowest BCUT2D eigenvalue weighted by Gasteiger charge is -2.63. The average Bonchev–Trinajstić information content (AvgIpc) is 3.29. The molecule has 6 aliphatic heterocycles. The second kappa shape index (κ2) is 17.9. The summed E-state index contributed by atoms with van der Waals surface area (Å²) < 4.78 is 21.4. The molecule has 9 aliphatic rings. The summed E-state index contributed by atoms with van der Waals surface area (Å²) in [6.45, 7) is 9.28. The molecule has 6 heterocycles. The Hall–Kier alpha value is -1.78. The van der Waals surface area contributed by atoms with Crippen molar-refractivity contribution in [2.75, 3.05) is 26.3 Å². The Morgan fingerprint density at radius 1 is 0.984 bits per heavy atom. The van der Waals surface area contributed by atoms with Crippen molar-refractivity contribution in [2.45, 2.75) is 159 Å². The Morgan fingerprint density at radius 3 is 2.54 bits per heavy atom. The maximum absolute atomic E-state index is 14.4. The van der Waals surface area contributed by atoms with Gasteiger partial charge in [-0.25, -0.2) is 4.79 Å². The molecule has 342 valence electrons. The van der Waals surface area contributed by atoms with Crippen LogP contribution in [0, 0.1) is 76.9 Å². The van der Waals surface area contributed by atoms with Crippen molar-refractivity contribution < 1.29 is 49.5 Å². The third kappa shape index (κ3) is 8.05. The van der Waals surface area contributed by atoms with Gasteiger partial charge in [0.25, 0.3) is 0 Å². The van der Waals surface area contributed by atoms with E-state index >= 15 is 0 Å². The van der Waals surface area contributed by atoms with Gasteiger partial charge in [0.2, 0.25) is 0 Å². The third-order valence-corrected chi connectivity index (χ3v) is 18.6. The number of aliphatic hydroxyl groups is 4. The summed E-state index contributed by atoms with van der Waals surface area (Å²) in [5.41, 5.74) is 6.91. The predicted octanol–water partition coefficient (Wildman–Crippen LogP) is 1.76. The van der Waals surface area contributed by atoms with E-state index in [1.54, 1.807) is 13.0 Å². The summed E-state index contributed by atoms with van der Waals surface area (Å²) >= 11 is 0. The number of ketones is 1. The maximum Gasteiger partial charge on any atom is 0.333 e. The lowest BCUT2D eigenvalue weighted by atomic mass is 9.50. The first kappa shape index (κ1) is 44.4. The number of piperidine rings is 2. The Bertz CT molecular complexity index is 1660. The van der Waals surface area contributed by atoms with Crippen molar-refractivity contribution in [3.8, 4) is 0 Å². The van der Waals surface area contributed by atoms with Crippen molar-refractivity contribution in [1.82, 2.24) is 10.6 Å². The molecule has 3 saturated carbocycles. The van der Waals surface area contributed by atoms with Gasteiger partial charge in [0.05, 0.1) is 55.8 Å². The van der Waals surface area contributed by atoms with E-state index in [-0.39, 0.29) is 73.0 Å². The Kier molecular flexibility index (Phi) is 13.0. The number of allylic oxidation sites excluding steroid dienone is 1. The van der Waals surface area contributed by atoms with Crippen LogP contribution in [-0.4, -0.2) is 119 Å². The molecule has 19 unspecified atom stereocenters. The van der Waals surface area contributed by atoms with Crippen molar-refractivity contribution >= 4 is 11.8 Å². The van der Waals surface area contributed by atoms with Crippen LogP contribution in [0.2, 0.25) is 0 Å². The highest BCUT2D eigenvalue weighted by molar-refractivity contribution is 5.87. The zero-order valence-corrected chi connectivity index (χ0v) is 37.0. The highest BCUT2D eigenvalue weighted by atomic mass is 16.6. The molecule has 5 saturated heterocycles. The number of ether oxygens (including phenoxy) is 3. The van der Waals surface area contributed by atoms with Gasteiger partial charge in [-0.15, -0.1) is 0 Å². The molecule has 3 aliphatic carbocycles. The van der Waals surface area contributed by atoms with Gasteiger partial charge in [-0.3, -0.25) is 10.1 Å². The van der Waals surface area contributed by atoms with E-state index in [2.05, 4.69) is 41.9 Å². The van der Waals surface area contributed by atoms with Gasteiger partial charge < -0.3 is 51.0 Å². The summed E-state index contributed by atoms with van der Waals surface area (Å²) in [6, 6.07) is 0.339. The van der Waals surface area contributed by atoms with Crippen molar-refractivity contribution in [3.05, 3.63) is 23.8 Å². The molecular formula is C48H77N4O9+. The number of Topliss-reactive ketones (excluding diaryl/α,β-unsaturated/α-hetero) is 1. The van der Waals surface area contributed by atoms with Gasteiger partial charge in [0, 0.05) is 48.3 Å². The van der Waals surface area contributed by atoms with E-state index in [0.29, 0.717) is 48.4 Å². The number of esters is 1. The molecule has 0 aromatic heterocycles. The number of carbonyl (C=O) groups is 2. The molecule has 0 spiro atoms. The summed E-state index contributed by atoms with van der Waals surface area (Å²) in [5.74, 6) is -1.40. The first-order valence-electron chi connectivity index (χ1n) is 24.4. The summed E-state index contributed by atoms with van der Waals surface area (Å²) in [6.07, 6.45) is 10.3. The van der Waals surface area contributed by atoms with Gasteiger partial charge in [0.15, 0.2) is 0 Å². The summed E-state index contributed by atoms with van der Waals surface area (Å²) in [5, 5.41) is 56.3. The molecule has 9 rings (SSSR count). The van der Waals surface area contributed by atoms with E-state index in [0.717, 1.165) is 64.5 Å². The lowest BCUT2D eigenvalue weighted by molar-refractivity contribution is -0.715.